The van der Waals surface area contributed by atoms with Crippen LogP contribution in [-0.4, -0.2) is 87.0 Å². The third kappa shape index (κ3) is 14.2. The summed E-state index contributed by atoms with van der Waals surface area (Å²) < 4.78 is 50.6. The maximum Gasteiger partial charge on any atom is 0.540 e. The zero-order valence-corrected chi connectivity index (χ0v) is 37.3. The molecule has 296 valence electrons. The van der Waals surface area contributed by atoms with Crippen LogP contribution in [-0.2, 0) is 41.8 Å². The highest BCUT2D eigenvalue weighted by atomic mass is 32.7. The average Bonchev–Trinajstić information content (AvgIpc) is 3.21. The van der Waals surface area contributed by atoms with E-state index in [4.69, 9.17) is 51.0 Å². The van der Waals surface area contributed by atoms with Gasteiger partial charge in [-0.15, -0.1) is 5.10 Å². The van der Waals surface area contributed by atoms with E-state index in [0.29, 0.717) is 23.0 Å². The van der Waals surface area contributed by atoms with Crippen molar-refractivity contribution in [3.63, 3.8) is 0 Å². The van der Waals surface area contributed by atoms with Crippen molar-refractivity contribution in [2.75, 3.05) is 49.0 Å². The Morgan fingerprint density at radius 1 is 0.873 bits per heavy atom. The van der Waals surface area contributed by atoms with E-state index in [1.54, 1.807) is 60.4 Å². The summed E-state index contributed by atoms with van der Waals surface area (Å²) in [4.78, 5) is 0. The largest absolute Gasteiger partial charge is 0.540 e. The zero-order valence-electron chi connectivity index (χ0n) is 31.2. The van der Waals surface area contributed by atoms with Crippen molar-refractivity contribution in [3.8, 4) is 17.2 Å². The number of hydrazine groups is 1. The van der Waals surface area contributed by atoms with Gasteiger partial charge in [0, 0.05) is 27.8 Å². The molecule has 0 bridgehead atoms. The van der Waals surface area contributed by atoms with E-state index in [0.717, 1.165) is 36.3 Å². The molecule has 0 aliphatic heterocycles. The van der Waals surface area contributed by atoms with Crippen LogP contribution in [0.25, 0.3) is 0 Å². The van der Waals surface area contributed by atoms with Gasteiger partial charge in [0.15, 0.2) is 17.3 Å². The molecule has 6 atom stereocenters. The van der Waals surface area contributed by atoms with Crippen molar-refractivity contribution < 1.29 is 37.0 Å². The first kappa shape index (κ1) is 45.3. The molecule has 21 heteroatoms. The molecule has 4 rings (SSSR count). The van der Waals surface area contributed by atoms with Crippen LogP contribution in [0.1, 0.15) is 35.4 Å². The van der Waals surface area contributed by atoms with Crippen molar-refractivity contribution in [2.24, 2.45) is 16.1 Å². The first-order valence-corrected chi connectivity index (χ1v) is 25.2. The normalized spacial score (nSPS) is 17.6. The minimum Gasteiger partial charge on any atom is -0.497 e. The number of ether oxygens (including phenoxy) is 1. The first-order chi connectivity index (χ1) is 26.3. The fourth-order valence-corrected chi connectivity index (χ4v) is 9.03. The number of benzene rings is 3. The predicted molar refractivity (Wildman–Crippen MR) is 231 cm³/mol. The highest BCUT2D eigenvalue weighted by Gasteiger charge is 2.34. The van der Waals surface area contributed by atoms with Crippen molar-refractivity contribution in [3.05, 3.63) is 102 Å². The van der Waals surface area contributed by atoms with Crippen LogP contribution in [0.3, 0.4) is 0 Å². The summed E-state index contributed by atoms with van der Waals surface area (Å²) in [6, 6.07) is 21.5. The van der Waals surface area contributed by atoms with Crippen molar-refractivity contribution in [1.82, 2.24) is 19.8 Å². The quantitative estimate of drug-likeness (QED) is 0.0311. The lowest BCUT2D eigenvalue weighted by Gasteiger charge is -2.27. The van der Waals surface area contributed by atoms with Crippen molar-refractivity contribution >= 4 is 77.5 Å². The molecule has 14 nitrogen and oxygen atoms in total. The molecule has 0 radical (unpaired) electrons. The third-order valence-electron chi connectivity index (χ3n) is 8.06. The van der Waals surface area contributed by atoms with E-state index >= 15 is 0 Å². The Labute approximate surface area is 341 Å². The molecule has 0 saturated heterocycles. The fourth-order valence-electron chi connectivity index (χ4n) is 4.76. The van der Waals surface area contributed by atoms with Crippen LogP contribution in [0.15, 0.2) is 95.2 Å². The molecular formula is C34H46N6O8P4S3+2. The van der Waals surface area contributed by atoms with Gasteiger partial charge in [0.25, 0.3) is 0 Å². The number of rotatable bonds is 21. The summed E-state index contributed by atoms with van der Waals surface area (Å²) in [5, 5.41) is 19.3. The number of nitrogens with zero attached hydrogens (tertiary/aromatic N) is 5. The Morgan fingerprint density at radius 3 is 1.96 bits per heavy atom. The number of methoxy groups -OCH3 is 1. The SMILES string of the molecule is COc1ccc(/C=N\N(C)P(S)OC2C=CC(CNN(C)[P+](=S)Oc3ccc(/C=N\N(C)[P+](=S)Oc4ccc(C(O)P(=O)(OC)OC)cc4)cc3)CC2)cc1. The number of hydrogen-bond acceptors (Lipinski definition) is 15. The molecule has 6 unspecified atom stereocenters. The second-order valence-corrected chi connectivity index (χ2v) is 20.8. The summed E-state index contributed by atoms with van der Waals surface area (Å²) in [6.45, 7) is 0.721. The molecule has 0 amide bonds. The van der Waals surface area contributed by atoms with Gasteiger partial charge in [-0.1, -0.05) is 41.3 Å². The Hall–Kier alpha value is -2.45. The van der Waals surface area contributed by atoms with E-state index in [2.05, 4.69) is 40.0 Å². The molecule has 1 aliphatic carbocycles. The summed E-state index contributed by atoms with van der Waals surface area (Å²) >= 11 is 15.8. The lowest BCUT2D eigenvalue weighted by molar-refractivity contribution is 0.176. The van der Waals surface area contributed by atoms with Crippen LogP contribution in [0.5, 0.6) is 17.2 Å². The summed E-state index contributed by atoms with van der Waals surface area (Å²) in [5.74, 6) is 0.817. The average molecular weight is 887 g/mol. The van der Waals surface area contributed by atoms with E-state index in [9.17, 15) is 9.67 Å². The Kier molecular flexibility index (Phi) is 18.5. The van der Waals surface area contributed by atoms with Gasteiger partial charge >= 0.3 is 21.7 Å². The van der Waals surface area contributed by atoms with E-state index in [-0.39, 0.29) is 6.10 Å². The van der Waals surface area contributed by atoms with Crippen LogP contribution >= 0.6 is 41.5 Å². The van der Waals surface area contributed by atoms with Gasteiger partial charge in [-0.2, -0.15) is 5.10 Å². The highest BCUT2D eigenvalue weighted by molar-refractivity contribution is 8.42. The van der Waals surface area contributed by atoms with Gasteiger partial charge in [0.05, 0.1) is 39.7 Å². The third-order valence-corrected chi connectivity index (χ3v) is 15.9. The number of hydrogen-bond donors (Lipinski definition) is 3. The predicted octanol–water partition coefficient (Wildman–Crippen LogP) is 8.35. The van der Waals surface area contributed by atoms with Gasteiger partial charge in [-0.05, 0) is 101 Å². The molecule has 3 aromatic carbocycles. The summed E-state index contributed by atoms with van der Waals surface area (Å²) in [7, 11) is 1.77. The lowest BCUT2D eigenvalue weighted by atomic mass is 9.94. The van der Waals surface area contributed by atoms with Gasteiger partial charge < -0.3 is 23.4 Å². The molecule has 0 heterocycles. The molecular weight excluding hydrogens is 841 g/mol. The zero-order chi connectivity index (χ0) is 40.0. The topological polar surface area (TPSA) is 139 Å². The maximum atomic E-state index is 12.5. The van der Waals surface area contributed by atoms with Gasteiger partial charge in [-0.3, -0.25) is 13.6 Å². The summed E-state index contributed by atoms with van der Waals surface area (Å²) in [6.07, 6.45) is 9.53. The minimum atomic E-state index is -3.69. The molecule has 0 fully saturated rings. The molecule has 0 saturated carbocycles. The number of thiol groups is 1. The number of aliphatic hydroxyl groups excluding tert-OH is 1. The van der Waals surface area contributed by atoms with Gasteiger partial charge in [-0.25, -0.2) is 10.2 Å². The smallest absolute Gasteiger partial charge is 0.497 e. The number of nitrogens with one attached hydrogen (secondary N) is 1. The van der Waals surface area contributed by atoms with Gasteiger partial charge in [0.2, 0.25) is 31.1 Å². The van der Waals surface area contributed by atoms with Crippen LogP contribution in [0.4, 0.5) is 0 Å². The lowest BCUT2D eigenvalue weighted by Crippen LogP contribution is -2.34. The standard InChI is InChI=1S/C34H46N6O8P4S3/c1-38(35-23-26-7-15-30(43-4)16-8-26)49(53)46-31-17-9-27(10-18-31)24-36-39(2)50(54)47-32-19-11-28(12-20-32)25-37-40(3)51(55)48-33-21-13-29(14-22-33)34(41)52(42,44-5)45-6/h7-9,11-17,19-23,25,27,31,34,36,41,53H,10,18,24H2,1-6H3/q+2/b35-23-,37-25-. The Bertz CT molecular complexity index is 1840. The van der Waals surface area contributed by atoms with Crippen LogP contribution < -0.4 is 19.2 Å². The monoisotopic (exact) mass is 886 g/mol. The molecule has 2 N–H and O–H groups in total. The van der Waals surface area contributed by atoms with E-state index in [1.165, 1.54) is 14.2 Å². The molecule has 0 spiro atoms. The van der Waals surface area contributed by atoms with Crippen LogP contribution in [0, 0.1) is 5.92 Å². The Balaban J connectivity index is 1.16. The summed E-state index contributed by atoms with van der Waals surface area (Å²) in [5.41, 5.74) is 5.55. The minimum absolute atomic E-state index is 0.0240. The second-order valence-electron chi connectivity index (χ2n) is 11.8. The molecule has 0 aromatic heterocycles. The second kappa shape index (κ2) is 22.5. The highest BCUT2D eigenvalue weighted by Crippen LogP contribution is 2.58. The first-order valence-electron chi connectivity index (χ1n) is 16.7. The van der Waals surface area contributed by atoms with E-state index in [1.807, 2.05) is 67.4 Å². The molecule has 55 heavy (non-hydrogen) atoms. The van der Waals surface area contributed by atoms with E-state index < -0.39 is 35.1 Å². The maximum absolute atomic E-state index is 12.5. The van der Waals surface area contributed by atoms with Gasteiger partial charge in [0.1, 0.15) is 5.75 Å². The van der Waals surface area contributed by atoms with Crippen LogP contribution in [0.2, 0.25) is 0 Å². The van der Waals surface area contributed by atoms with Crippen molar-refractivity contribution in [1.29, 1.82) is 0 Å². The van der Waals surface area contributed by atoms with Crippen molar-refractivity contribution in [2.45, 2.75) is 24.8 Å². The molecule has 3 aromatic rings. The molecule has 1 aliphatic rings. The Morgan fingerprint density at radius 2 is 1.42 bits per heavy atom. The number of aliphatic hydroxyl groups is 1. The number of hydrazone groups is 2. The fraction of sp³-hybridized carbons (Fsp3) is 0.353.